The molecule has 0 saturated carbocycles. The Balaban J connectivity index is 2.67. The zero-order chi connectivity index (χ0) is 10.6. The lowest BCUT2D eigenvalue weighted by Gasteiger charge is -2.14. The summed E-state index contributed by atoms with van der Waals surface area (Å²) >= 11 is 0. The van der Waals surface area contributed by atoms with Gasteiger partial charge in [0.25, 0.3) is 0 Å². The molecule has 0 amide bonds. The summed E-state index contributed by atoms with van der Waals surface area (Å²) in [5, 5.41) is 12.6. The molecule has 0 atom stereocenters. The fourth-order valence-electron chi connectivity index (χ4n) is 1.24. The SMILES string of the molecule is CC(C)n1ncnc1CN(C)CC#N. The molecule has 0 unspecified atom stereocenters. The molecule has 0 aliphatic heterocycles. The molecule has 76 valence electrons. The van der Waals surface area contributed by atoms with E-state index in [2.05, 4.69) is 30.0 Å². The zero-order valence-corrected chi connectivity index (χ0v) is 8.80. The van der Waals surface area contributed by atoms with E-state index in [4.69, 9.17) is 5.26 Å². The van der Waals surface area contributed by atoms with Crippen molar-refractivity contribution < 1.29 is 0 Å². The highest BCUT2D eigenvalue weighted by Gasteiger charge is 2.09. The molecule has 0 fully saturated rings. The quantitative estimate of drug-likeness (QED) is 0.664. The van der Waals surface area contributed by atoms with Crippen molar-refractivity contribution in [3.05, 3.63) is 12.2 Å². The van der Waals surface area contributed by atoms with Crippen LogP contribution in [0.5, 0.6) is 0 Å². The molecule has 5 nitrogen and oxygen atoms in total. The normalized spacial score (nSPS) is 10.9. The third kappa shape index (κ3) is 2.54. The Kier molecular flexibility index (Phi) is 3.60. The Hall–Kier alpha value is -1.41. The molecule has 0 radical (unpaired) electrons. The number of hydrogen-bond donors (Lipinski definition) is 0. The number of nitrogens with zero attached hydrogens (tertiary/aromatic N) is 5. The largest absolute Gasteiger partial charge is 0.286 e. The van der Waals surface area contributed by atoms with Crippen LogP contribution in [0.15, 0.2) is 6.33 Å². The standard InChI is InChI=1S/C9H15N5/c1-8(2)14-9(11-7-12-14)6-13(3)5-4-10/h7-8H,5-6H2,1-3H3. The highest BCUT2D eigenvalue weighted by Crippen LogP contribution is 2.06. The molecule has 0 aromatic carbocycles. The fourth-order valence-corrected chi connectivity index (χ4v) is 1.24. The lowest BCUT2D eigenvalue weighted by Crippen LogP contribution is -2.21. The summed E-state index contributed by atoms with van der Waals surface area (Å²) in [5.74, 6) is 0.901. The van der Waals surface area contributed by atoms with Crippen LogP contribution in [-0.2, 0) is 6.54 Å². The van der Waals surface area contributed by atoms with Crippen LogP contribution in [0.2, 0.25) is 0 Å². The maximum Gasteiger partial charge on any atom is 0.141 e. The van der Waals surface area contributed by atoms with Crippen molar-refractivity contribution in [2.24, 2.45) is 0 Å². The number of hydrogen-bond acceptors (Lipinski definition) is 4. The average molecular weight is 193 g/mol. The minimum atomic E-state index is 0.308. The fraction of sp³-hybridized carbons (Fsp3) is 0.667. The topological polar surface area (TPSA) is 57.7 Å². The van der Waals surface area contributed by atoms with E-state index in [0.29, 0.717) is 19.1 Å². The van der Waals surface area contributed by atoms with Gasteiger partial charge in [-0.15, -0.1) is 0 Å². The maximum atomic E-state index is 8.51. The lowest BCUT2D eigenvalue weighted by atomic mass is 10.4. The Morgan fingerprint density at radius 1 is 1.64 bits per heavy atom. The Bertz CT molecular complexity index is 322. The molecule has 1 heterocycles. The van der Waals surface area contributed by atoms with Gasteiger partial charge in [0.2, 0.25) is 0 Å². The van der Waals surface area contributed by atoms with Crippen LogP contribution in [-0.4, -0.2) is 33.3 Å². The molecule has 0 aliphatic carbocycles. The predicted molar refractivity (Wildman–Crippen MR) is 52.4 cm³/mol. The van der Waals surface area contributed by atoms with Gasteiger partial charge >= 0.3 is 0 Å². The van der Waals surface area contributed by atoms with Gasteiger partial charge in [-0.2, -0.15) is 10.4 Å². The molecule has 5 heteroatoms. The van der Waals surface area contributed by atoms with E-state index in [1.54, 1.807) is 6.33 Å². The average Bonchev–Trinajstić information content (AvgIpc) is 2.52. The summed E-state index contributed by atoms with van der Waals surface area (Å²) in [6.07, 6.45) is 1.55. The first-order valence-corrected chi connectivity index (χ1v) is 4.59. The smallest absolute Gasteiger partial charge is 0.141 e. The zero-order valence-electron chi connectivity index (χ0n) is 8.80. The van der Waals surface area contributed by atoms with Crippen LogP contribution < -0.4 is 0 Å². The van der Waals surface area contributed by atoms with E-state index in [1.165, 1.54) is 0 Å². The van der Waals surface area contributed by atoms with Gasteiger partial charge in [0, 0.05) is 6.04 Å². The van der Waals surface area contributed by atoms with E-state index in [9.17, 15) is 0 Å². The van der Waals surface area contributed by atoms with Gasteiger partial charge in [0.1, 0.15) is 12.2 Å². The number of rotatable bonds is 4. The van der Waals surface area contributed by atoms with E-state index in [0.717, 1.165) is 5.82 Å². The summed E-state index contributed by atoms with van der Waals surface area (Å²) in [6.45, 7) is 5.18. The summed E-state index contributed by atoms with van der Waals surface area (Å²) in [6, 6.07) is 2.41. The van der Waals surface area contributed by atoms with Crippen LogP contribution in [0.3, 0.4) is 0 Å². The van der Waals surface area contributed by atoms with Crippen LogP contribution in [0.25, 0.3) is 0 Å². The molecule has 0 spiro atoms. The van der Waals surface area contributed by atoms with Crippen molar-refractivity contribution in [2.75, 3.05) is 13.6 Å². The van der Waals surface area contributed by atoms with Crippen molar-refractivity contribution in [1.29, 1.82) is 5.26 Å². The van der Waals surface area contributed by atoms with E-state index >= 15 is 0 Å². The van der Waals surface area contributed by atoms with Gasteiger partial charge in [-0.25, -0.2) is 9.67 Å². The second-order valence-electron chi connectivity index (χ2n) is 3.54. The van der Waals surface area contributed by atoms with Crippen molar-refractivity contribution in [2.45, 2.75) is 26.4 Å². The minimum absolute atomic E-state index is 0.308. The first kappa shape index (κ1) is 10.7. The van der Waals surface area contributed by atoms with E-state index < -0.39 is 0 Å². The molecule has 14 heavy (non-hydrogen) atoms. The van der Waals surface area contributed by atoms with Gasteiger partial charge in [-0.1, -0.05) is 0 Å². The molecule has 1 aromatic heterocycles. The van der Waals surface area contributed by atoms with Crippen LogP contribution in [0, 0.1) is 11.3 Å². The summed E-state index contributed by atoms with van der Waals surface area (Å²) < 4.78 is 1.87. The Morgan fingerprint density at radius 3 is 2.93 bits per heavy atom. The highest BCUT2D eigenvalue weighted by atomic mass is 15.4. The molecule has 1 aromatic rings. The van der Waals surface area contributed by atoms with Crippen molar-refractivity contribution >= 4 is 0 Å². The highest BCUT2D eigenvalue weighted by molar-refractivity contribution is 4.87. The monoisotopic (exact) mass is 193 g/mol. The number of nitriles is 1. The first-order valence-electron chi connectivity index (χ1n) is 4.59. The molecular formula is C9H15N5. The number of aromatic nitrogens is 3. The first-order chi connectivity index (χ1) is 6.65. The van der Waals surface area contributed by atoms with Crippen LogP contribution in [0.4, 0.5) is 0 Å². The molecule has 0 aliphatic rings. The lowest BCUT2D eigenvalue weighted by molar-refractivity contribution is 0.339. The van der Waals surface area contributed by atoms with Crippen LogP contribution in [0.1, 0.15) is 25.7 Å². The molecule has 0 bridgehead atoms. The van der Waals surface area contributed by atoms with Gasteiger partial charge in [0.15, 0.2) is 0 Å². The Morgan fingerprint density at radius 2 is 2.36 bits per heavy atom. The van der Waals surface area contributed by atoms with Crippen molar-refractivity contribution in [3.63, 3.8) is 0 Å². The minimum Gasteiger partial charge on any atom is -0.286 e. The Labute approximate surface area is 84.0 Å². The molecular weight excluding hydrogens is 178 g/mol. The maximum absolute atomic E-state index is 8.51. The summed E-state index contributed by atoms with van der Waals surface area (Å²) in [7, 11) is 1.89. The van der Waals surface area contributed by atoms with Gasteiger partial charge < -0.3 is 0 Å². The molecule has 0 saturated heterocycles. The van der Waals surface area contributed by atoms with Crippen molar-refractivity contribution in [3.8, 4) is 6.07 Å². The van der Waals surface area contributed by atoms with Crippen molar-refractivity contribution in [1.82, 2.24) is 19.7 Å². The van der Waals surface area contributed by atoms with Crippen LogP contribution >= 0.6 is 0 Å². The third-order valence-corrected chi connectivity index (χ3v) is 1.89. The van der Waals surface area contributed by atoms with Gasteiger partial charge in [0.05, 0.1) is 19.2 Å². The second kappa shape index (κ2) is 4.72. The summed E-state index contributed by atoms with van der Waals surface area (Å²) in [5.41, 5.74) is 0. The third-order valence-electron chi connectivity index (χ3n) is 1.89. The second-order valence-corrected chi connectivity index (χ2v) is 3.54. The van der Waals surface area contributed by atoms with Gasteiger partial charge in [-0.3, -0.25) is 4.90 Å². The van der Waals surface area contributed by atoms with E-state index in [-0.39, 0.29) is 0 Å². The van der Waals surface area contributed by atoms with E-state index in [1.807, 2.05) is 16.6 Å². The van der Waals surface area contributed by atoms with Gasteiger partial charge in [-0.05, 0) is 20.9 Å². The molecule has 1 rings (SSSR count). The summed E-state index contributed by atoms with van der Waals surface area (Å²) in [4.78, 5) is 6.07. The predicted octanol–water partition coefficient (Wildman–Crippen LogP) is 0.814. The molecule has 0 N–H and O–H groups in total.